The number of hydrogen-bond donors (Lipinski definition) is 1. The van der Waals surface area contributed by atoms with Gasteiger partial charge < -0.3 is 9.84 Å². The van der Waals surface area contributed by atoms with Gasteiger partial charge in [0.25, 0.3) is 11.1 Å². The standard InChI is InChI=1S/C23H16ClNO5S/c24-18-8-4-2-6-15(18)13-30-19-10-9-14-5-1-3-7-16(14)17(19)11-20-22(28)25(12-21(26)27)23(29)31-20/h1-11H,12-13H2,(H,26,27)/b20-11+. The van der Waals surface area contributed by atoms with Gasteiger partial charge >= 0.3 is 5.97 Å². The zero-order valence-electron chi connectivity index (χ0n) is 16.1. The number of imide groups is 1. The highest BCUT2D eigenvalue weighted by atomic mass is 35.5. The van der Waals surface area contributed by atoms with Gasteiger partial charge in [-0.3, -0.25) is 19.3 Å². The van der Waals surface area contributed by atoms with Crippen molar-refractivity contribution in [2.75, 3.05) is 6.54 Å². The van der Waals surface area contributed by atoms with Crippen LogP contribution in [0.1, 0.15) is 11.1 Å². The van der Waals surface area contributed by atoms with E-state index in [0.29, 0.717) is 33.0 Å². The molecule has 0 aromatic heterocycles. The van der Waals surface area contributed by atoms with Gasteiger partial charge in [-0.2, -0.15) is 0 Å². The summed E-state index contributed by atoms with van der Waals surface area (Å²) >= 11 is 6.94. The van der Waals surface area contributed by atoms with Crippen LogP contribution in [0.4, 0.5) is 4.79 Å². The summed E-state index contributed by atoms with van der Waals surface area (Å²) in [4.78, 5) is 36.6. The summed E-state index contributed by atoms with van der Waals surface area (Å²) in [5, 5.41) is 10.7. The third kappa shape index (κ3) is 4.42. The maximum atomic E-state index is 12.6. The second kappa shape index (κ2) is 8.83. The SMILES string of the molecule is O=C(O)CN1C(=O)S/C(=C/c2c(OCc3ccccc3Cl)ccc3ccccc23)C1=O. The van der Waals surface area contributed by atoms with Gasteiger partial charge in [0.05, 0.1) is 4.91 Å². The molecule has 3 aromatic carbocycles. The predicted molar refractivity (Wildman–Crippen MR) is 120 cm³/mol. The highest BCUT2D eigenvalue weighted by molar-refractivity contribution is 8.18. The monoisotopic (exact) mass is 453 g/mol. The van der Waals surface area contributed by atoms with Gasteiger partial charge in [-0.1, -0.05) is 60.1 Å². The third-order valence-corrected chi connectivity index (χ3v) is 5.99. The molecule has 1 aliphatic heterocycles. The smallest absolute Gasteiger partial charge is 0.323 e. The van der Waals surface area contributed by atoms with E-state index in [2.05, 4.69) is 0 Å². The van der Waals surface area contributed by atoms with Crippen LogP contribution in [0.15, 0.2) is 65.6 Å². The van der Waals surface area contributed by atoms with Gasteiger partial charge in [0.15, 0.2) is 0 Å². The summed E-state index contributed by atoms with van der Waals surface area (Å²) in [6.45, 7) is -0.452. The number of halogens is 1. The Kier molecular flexibility index (Phi) is 5.97. The maximum absolute atomic E-state index is 12.6. The van der Waals surface area contributed by atoms with Crippen molar-refractivity contribution in [3.05, 3.63) is 81.7 Å². The molecule has 8 heteroatoms. The molecular formula is C23H16ClNO5S. The number of benzene rings is 3. The molecule has 3 aromatic rings. The molecule has 0 bridgehead atoms. The molecule has 0 saturated carbocycles. The van der Waals surface area contributed by atoms with Crippen molar-refractivity contribution in [1.29, 1.82) is 0 Å². The molecule has 1 N–H and O–H groups in total. The van der Waals surface area contributed by atoms with Gasteiger partial charge in [-0.15, -0.1) is 0 Å². The van der Waals surface area contributed by atoms with Crippen molar-refractivity contribution in [2.24, 2.45) is 0 Å². The number of carboxylic acid groups (broad SMARTS) is 1. The summed E-state index contributed by atoms with van der Waals surface area (Å²) in [5.41, 5.74) is 1.44. The summed E-state index contributed by atoms with van der Waals surface area (Å²) in [7, 11) is 0. The van der Waals surface area contributed by atoms with E-state index in [-0.39, 0.29) is 11.5 Å². The minimum absolute atomic E-state index is 0.144. The van der Waals surface area contributed by atoms with Crippen LogP contribution >= 0.6 is 23.4 Å². The lowest BCUT2D eigenvalue weighted by atomic mass is 10.0. The van der Waals surface area contributed by atoms with Gasteiger partial charge in [0.1, 0.15) is 18.9 Å². The van der Waals surface area contributed by atoms with Crippen LogP contribution in [0.2, 0.25) is 5.02 Å². The van der Waals surface area contributed by atoms with Crippen LogP contribution in [-0.2, 0) is 16.2 Å². The Hall–Kier alpha value is -3.29. The number of nitrogens with zero attached hydrogens (tertiary/aromatic N) is 1. The lowest BCUT2D eigenvalue weighted by Crippen LogP contribution is -2.33. The molecule has 156 valence electrons. The summed E-state index contributed by atoms with van der Waals surface area (Å²) in [6, 6.07) is 18.6. The zero-order chi connectivity index (χ0) is 22.0. The van der Waals surface area contributed by atoms with E-state index in [1.807, 2.05) is 48.5 Å². The van der Waals surface area contributed by atoms with Gasteiger partial charge in [-0.05, 0) is 40.7 Å². The van der Waals surface area contributed by atoms with E-state index < -0.39 is 23.7 Å². The number of fused-ring (bicyclic) bond motifs is 1. The Morgan fingerprint density at radius 3 is 2.58 bits per heavy atom. The van der Waals surface area contributed by atoms with Crippen LogP contribution in [0, 0.1) is 0 Å². The molecule has 1 fully saturated rings. The molecule has 4 rings (SSSR count). The maximum Gasteiger partial charge on any atom is 0.323 e. The molecule has 31 heavy (non-hydrogen) atoms. The average molecular weight is 454 g/mol. The number of amides is 2. The molecular weight excluding hydrogens is 438 g/mol. The lowest BCUT2D eigenvalue weighted by Gasteiger charge is -2.13. The van der Waals surface area contributed by atoms with Crippen LogP contribution < -0.4 is 4.74 Å². The largest absolute Gasteiger partial charge is 0.488 e. The zero-order valence-corrected chi connectivity index (χ0v) is 17.7. The first-order valence-corrected chi connectivity index (χ1v) is 10.5. The number of aliphatic carboxylic acids is 1. The Bertz CT molecular complexity index is 1240. The first kappa shape index (κ1) is 21.0. The molecule has 1 saturated heterocycles. The van der Waals surface area contributed by atoms with E-state index >= 15 is 0 Å². The summed E-state index contributed by atoms with van der Waals surface area (Å²) < 4.78 is 6.03. The van der Waals surface area contributed by atoms with Crippen LogP contribution in [0.5, 0.6) is 5.75 Å². The molecule has 0 spiro atoms. The molecule has 1 heterocycles. The Balaban J connectivity index is 1.73. The first-order chi connectivity index (χ1) is 14.9. The van der Waals surface area contributed by atoms with Crippen molar-refractivity contribution in [3.8, 4) is 5.75 Å². The van der Waals surface area contributed by atoms with E-state index in [1.165, 1.54) is 0 Å². The van der Waals surface area contributed by atoms with Crippen molar-refractivity contribution < 1.29 is 24.2 Å². The predicted octanol–water partition coefficient (Wildman–Crippen LogP) is 5.19. The highest BCUT2D eigenvalue weighted by Crippen LogP contribution is 2.37. The molecule has 0 atom stereocenters. The number of carbonyl (C=O) groups excluding carboxylic acids is 2. The third-order valence-electron chi connectivity index (χ3n) is 4.71. The quantitative estimate of drug-likeness (QED) is 0.517. The van der Waals surface area contributed by atoms with E-state index in [9.17, 15) is 14.4 Å². The van der Waals surface area contributed by atoms with E-state index in [1.54, 1.807) is 18.2 Å². The van der Waals surface area contributed by atoms with Crippen LogP contribution in [-0.4, -0.2) is 33.7 Å². The molecule has 0 radical (unpaired) electrons. The summed E-state index contributed by atoms with van der Waals surface area (Å²) in [6.07, 6.45) is 1.58. The molecule has 6 nitrogen and oxygen atoms in total. The molecule has 1 aliphatic rings. The number of thioether (sulfide) groups is 1. The number of hydrogen-bond acceptors (Lipinski definition) is 5. The number of rotatable bonds is 6. The van der Waals surface area contributed by atoms with Crippen molar-refractivity contribution in [3.63, 3.8) is 0 Å². The van der Waals surface area contributed by atoms with E-state index in [0.717, 1.165) is 16.3 Å². The van der Waals surface area contributed by atoms with Crippen LogP contribution in [0.25, 0.3) is 16.8 Å². The van der Waals surface area contributed by atoms with E-state index in [4.69, 9.17) is 21.4 Å². The fourth-order valence-corrected chi connectivity index (χ4v) is 4.23. The van der Waals surface area contributed by atoms with Crippen LogP contribution in [0.3, 0.4) is 0 Å². The molecule has 2 amide bonds. The van der Waals surface area contributed by atoms with Crippen molar-refractivity contribution >= 4 is 57.3 Å². The second-order valence-electron chi connectivity index (χ2n) is 6.74. The molecule has 0 aliphatic carbocycles. The van der Waals surface area contributed by atoms with Crippen molar-refractivity contribution in [2.45, 2.75) is 6.61 Å². The Morgan fingerprint density at radius 1 is 1.06 bits per heavy atom. The fourth-order valence-electron chi connectivity index (χ4n) is 3.22. The highest BCUT2D eigenvalue weighted by Gasteiger charge is 2.36. The Labute approximate surface area is 187 Å². The average Bonchev–Trinajstić information content (AvgIpc) is 3.01. The van der Waals surface area contributed by atoms with Gasteiger partial charge in [0.2, 0.25) is 0 Å². The topological polar surface area (TPSA) is 83.9 Å². The number of carbonyl (C=O) groups is 3. The minimum Gasteiger partial charge on any atom is -0.488 e. The second-order valence-corrected chi connectivity index (χ2v) is 8.14. The number of carboxylic acids is 1. The lowest BCUT2D eigenvalue weighted by molar-refractivity contribution is -0.140. The minimum atomic E-state index is -1.25. The Morgan fingerprint density at radius 2 is 1.81 bits per heavy atom. The first-order valence-electron chi connectivity index (χ1n) is 9.29. The normalized spacial score (nSPS) is 15.1. The fraction of sp³-hybridized carbons (Fsp3) is 0.0870. The van der Waals surface area contributed by atoms with Gasteiger partial charge in [0, 0.05) is 16.1 Å². The molecule has 0 unspecified atom stereocenters. The summed E-state index contributed by atoms with van der Waals surface area (Å²) in [5.74, 6) is -1.37. The van der Waals surface area contributed by atoms with Gasteiger partial charge in [-0.25, -0.2) is 0 Å². The number of ether oxygens (including phenoxy) is 1. The van der Waals surface area contributed by atoms with Crippen molar-refractivity contribution in [1.82, 2.24) is 4.90 Å².